The number of pyridine rings is 1. The Bertz CT molecular complexity index is 1830. The van der Waals surface area contributed by atoms with Crippen molar-refractivity contribution in [2.45, 2.75) is 13.3 Å². The van der Waals surface area contributed by atoms with Gasteiger partial charge in [0, 0.05) is 28.6 Å². The number of ketones is 1. The number of hydrogen-bond donors (Lipinski definition) is 0. The van der Waals surface area contributed by atoms with Crippen molar-refractivity contribution in [3.8, 4) is 11.3 Å². The number of non-ortho nitro benzene ring substituents is 1. The van der Waals surface area contributed by atoms with Crippen LogP contribution in [0.3, 0.4) is 0 Å². The van der Waals surface area contributed by atoms with Crippen molar-refractivity contribution in [2.75, 3.05) is 11.5 Å². The molecule has 4 aromatic rings. The summed E-state index contributed by atoms with van der Waals surface area (Å²) < 4.78 is 5.35. The largest absolute Gasteiger partial charge is 0.454 e. The van der Waals surface area contributed by atoms with Crippen molar-refractivity contribution < 1.29 is 28.8 Å². The van der Waals surface area contributed by atoms with Gasteiger partial charge in [-0.2, -0.15) is 0 Å². The Morgan fingerprint density at radius 3 is 2.42 bits per heavy atom. The Morgan fingerprint density at radius 1 is 1.00 bits per heavy atom. The predicted octanol–water partition coefficient (Wildman–Crippen LogP) is 5.55. The molecule has 1 aromatic heterocycles. The topological polar surface area (TPSA) is 137 Å². The van der Waals surface area contributed by atoms with Gasteiger partial charge >= 0.3 is 5.97 Å². The molecule has 6 rings (SSSR count). The van der Waals surface area contributed by atoms with Crippen molar-refractivity contribution in [2.24, 2.45) is 17.8 Å². The number of hydrogen-bond acceptors (Lipinski definition) is 8. The number of allylic oxidation sites excluding steroid dienone is 2. The lowest BCUT2D eigenvalue weighted by Gasteiger charge is -2.22. The van der Waals surface area contributed by atoms with Crippen LogP contribution in [0.1, 0.15) is 34.1 Å². The Kier molecular flexibility index (Phi) is 7.11. The smallest absolute Gasteiger partial charge is 0.339 e. The maximum Gasteiger partial charge on any atom is 0.339 e. The molecule has 3 aromatic carbocycles. The molecule has 0 bridgehead atoms. The number of anilines is 1. The maximum absolute atomic E-state index is 13.2. The van der Waals surface area contributed by atoms with Gasteiger partial charge in [0.1, 0.15) is 0 Å². The van der Waals surface area contributed by atoms with E-state index in [2.05, 4.69) is 0 Å². The lowest BCUT2D eigenvalue weighted by atomic mass is 9.78. The number of aromatic nitrogens is 1. The quantitative estimate of drug-likeness (QED) is 0.0698. The fourth-order valence-corrected chi connectivity index (χ4v) is 5.74. The number of imide groups is 1. The monoisotopic (exact) mass is 575 g/mol. The van der Waals surface area contributed by atoms with Crippen LogP contribution < -0.4 is 4.90 Å². The lowest BCUT2D eigenvalue weighted by Crippen LogP contribution is -2.31. The summed E-state index contributed by atoms with van der Waals surface area (Å²) in [5.41, 5.74) is 2.36. The van der Waals surface area contributed by atoms with Crippen molar-refractivity contribution in [1.29, 1.82) is 0 Å². The first kappa shape index (κ1) is 27.6. The average Bonchev–Trinajstić information content (AvgIpc) is 3.29. The molecule has 43 heavy (non-hydrogen) atoms. The number of ether oxygens (including phenoxy) is 1. The second-order valence-electron chi connectivity index (χ2n) is 10.6. The van der Waals surface area contributed by atoms with Crippen molar-refractivity contribution >= 4 is 45.8 Å². The Hall–Kier alpha value is -5.51. The Balaban J connectivity index is 1.24. The molecule has 1 fully saturated rings. The number of carbonyl (C=O) groups excluding carboxylic acids is 4. The first-order valence-electron chi connectivity index (χ1n) is 13.7. The van der Waals surface area contributed by atoms with Crippen LogP contribution in [0.25, 0.3) is 22.2 Å². The van der Waals surface area contributed by atoms with Gasteiger partial charge in [0.05, 0.1) is 39.2 Å². The van der Waals surface area contributed by atoms with Gasteiger partial charge in [-0.1, -0.05) is 49.4 Å². The highest BCUT2D eigenvalue weighted by Crippen LogP contribution is 2.40. The maximum atomic E-state index is 13.2. The summed E-state index contributed by atoms with van der Waals surface area (Å²) in [5, 5.41) is 11.4. The lowest BCUT2D eigenvalue weighted by molar-refractivity contribution is -0.384. The minimum Gasteiger partial charge on any atom is -0.454 e. The number of nitro benzene ring substituents is 1. The third-order valence-corrected chi connectivity index (χ3v) is 7.96. The number of amides is 2. The molecule has 0 spiro atoms. The van der Waals surface area contributed by atoms with Crippen LogP contribution in [0, 0.1) is 27.9 Å². The Morgan fingerprint density at radius 2 is 1.72 bits per heavy atom. The number of fused-ring (bicyclic) bond motifs is 2. The molecule has 214 valence electrons. The van der Waals surface area contributed by atoms with E-state index in [1.165, 1.54) is 29.2 Å². The third-order valence-electron chi connectivity index (χ3n) is 7.96. The highest BCUT2D eigenvalue weighted by atomic mass is 16.6. The van der Waals surface area contributed by atoms with Crippen LogP contribution in [-0.4, -0.2) is 40.1 Å². The molecule has 10 nitrogen and oxygen atoms in total. The zero-order chi connectivity index (χ0) is 30.2. The summed E-state index contributed by atoms with van der Waals surface area (Å²) in [6.07, 6.45) is 4.50. The second-order valence-corrected chi connectivity index (χ2v) is 10.6. The fourth-order valence-electron chi connectivity index (χ4n) is 5.74. The first-order chi connectivity index (χ1) is 20.7. The van der Waals surface area contributed by atoms with E-state index in [-0.39, 0.29) is 46.4 Å². The highest BCUT2D eigenvalue weighted by Gasteiger charge is 2.50. The van der Waals surface area contributed by atoms with E-state index in [1.54, 1.807) is 54.6 Å². The summed E-state index contributed by atoms with van der Waals surface area (Å²) in [4.78, 5) is 68.3. The normalized spacial score (nSPS) is 19.4. The molecule has 3 atom stereocenters. The summed E-state index contributed by atoms with van der Waals surface area (Å²) in [6.45, 7) is 1.40. The van der Waals surface area contributed by atoms with Crippen LogP contribution >= 0.6 is 0 Å². The van der Waals surface area contributed by atoms with Crippen LogP contribution in [0.4, 0.5) is 11.4 Å². The van der Waals surface area contributed by atoms with Gasteiger partial charge in [-0.05, 0) is 48.7 Å². The zero-order valence-corrected chi connectivity index (χ0v) is 23.0. The Labute approximate surface area is 245 Å². The highest BCUT2D eigenvalue weighted by molar-refractivity contribution is 6.22. The van der Waals surface area contributed by atoms with E-state index in [1.807, 2.05) is 19.1 Å². The molecule has 10 heteroatoms. The molecule has 0 N–H and O–H groups in total. The van der Waals surface area contributed by atoms with Crippen LogP contribution in [-0.2, 0) is 14.3 Å². The summed E-state index contributed by atoms with van der Waals surface area (Å²) in [5.74, 6) is -2.36. The molecule has 1 aliphatic carbocycles. The van der Waals surface area contributed by atoms with Gasteiger partial charge in [0.15, 0.2) is 12.4 Å². The van der Waals surface area contributed by atoms with E-state index >= 15 is 0 Å². The van der Waals surface area contributed by atoms with Crippen molar-refractivity contribution in [1.82, 2.24) is 4.98 Å². The number of esters is 1. The minimum absolute atomic E-state index is 0.0103. The van der Waals surface area contributed by atoms with Crippen LogP contribution in [0.15, 0.2) is 91.0 Å². The number of Topliss-reactive ketones (excluding diaryl/α,β-unsaturated/α-hetero) is 1. The number of benzene rings is 3. The summed E-state index contributed by atoms with van der Waals surface area (Å²) in [7, 11) is 0. The van der Waals surface area contributed by atoms with E-state index in [0.717, 1.165) is 0 Å². The SMILES string of the molecule is CC1C=CCC2C(=O)N(c3ccc(-c4cc(C(=O)OCC(=O)c5ccc([N+](=O)[O-])cc5)c5ccccc5n4)cc3)C(=O)C12. The van der Waals surface area contributed by atoms with E-state index in [9.17, 15) is 29.3 Å². The van der Waals surface area contributed by atoms with Gasteiger partial charge in [-0.3, -0.25) is 29.4 Å². The molecule has 0 radical (unpaired) electrons. The van der Waals surface area contributed by atoms with Gasteiger partial charge in [-0.25, -0.2) is 9.78 Å². The standard InChI is InChI=1S/C33H25N3O7/c1-19-5-4-7-25-30(19)32(39)35(31(25)38)22-13-9-20(10-14-22)28-17-26(24-6-2-3-8-27(24)34-28)33(40)43-18-29(37)21-11-15-23(16-12-21)36(41)42/h2-6,8-17,19,25,30H,7,18H2,1H3. The second kappa shape index (κ2) is 11.1. The van der Waals surface area contributed by atoms with Gasteiger partial charge in [0.2, 0.25) is 11.8 Å². The van der Waals surface area contributed by atoms with Crippen molar-refractivity contribution in [3.05, 3.63) is 112 Å². The molecule has 2 heterocycles. The number of nitrogens with zero attached hydrogens (tertiary/aromatic N) is 3. The fraction of sp³-hybridized carbons (Fsp3) is 0.182. The van der Waals surface area contributed by atoms with Gasteiger partial charge in [-0.15, -0.1) is 0 Å². The molecular weight excluding hydrogens is 550 g/mol. The predicted molar refractivity (Wildman–Crippen MR) is 157 cm³/mol. The minimum atomic E-state index is -0.731. The van der Waals surface area contributed by atoms with Gasteiger partial charge in [0.25, 0.3) is 5.69 Å². The molecular formula is C33H25N3O7. The molecule has 3 unspecified atom stereocenters. The number of nitro groups is 1. The number of carbonyl (C=O) groups is 4. The molecule has 2 amide bonds. The molecule has 2 aliphatic rings. The average molecular weight is 576 g/mol. The third kappa shape index (κ3) is 5.07. The molecule has 0 saturated carbocycles. The zero-order valence-electron chi connectivity index (χ0n) is 23.0. The summed E-state index contributed by atoms with van der Waals surface area (Å²) >= 11 is 0. The van der Waals surface area contributed by atoms with Crippen LogP contribution in [0.2, 0.25) is 0 Å². The first-order valence-corrected chi connectivity index (χ1v) is 13.7. The molecule has 1 saturated heterocycles. The van der Waals surface area contributed by atoms with Crippen molar-refractivity contribution in [3.63, 3.8) is 0 Å². The van der Waals surface area contributed by atoms with Gasteiger partial charge < -0.3 is 4.74 Å². The molecule has 1 aliphatic heterocycles. The van der Waals surface area contributed by atoms with E-state index in [0.29, 0.717) is 34.3 Å². The van der Waals surface area contributed by atoms with E-state index in [4.69, 9.17) is 9.72 Å². The number of rotatable bonds is 7. The van der Waals surface area contributed by atoms with E-state index < -0.39 is 23.3 Å². The number of para-hydroxylation sites is 1. The van der Waals surface area contributed by atoms with Crippen LogP contribution in [0.5, 0.6) is 0 Å². The summed E-state index contributed by atoms with van der Waals surface area (Å²) in [6, 6.07) is 20.5.